The molecule has 6 heteroatoms. The molecule has 2 aliphatic rings. The molecule has 1 amide bonds. The van der Waals surface area contributed by atoms with Crippen molar-refractivity contribution in [2.24, 2.45) is 0 Å². The molecule has 5 nitrogen and oxygen atoms in total. The molecule has 0 spiro atoms. The summed E-state index contributed by atoms with van der Waals surface area (Å²) < 4.78 is 5.58. The highest BCUT2D eigenvalue weighted by Crippen LogP contribution is 2.32. The van der Waals surface area contributed by atoms with Gasteiger partial charge in [0.25, 0.3) is 5.91 Å². The van der Waals surface area contributed by atoms with E-state index in [-0.39, 0.29) is 18.0 Å². The van der Waals surface area contributed by atoms with Crippen LogP contribution in [0.25, 0.3) is 0 Å². The molecule has 0 saturated carbocycles. The predicted octanol–water partition coefficient (Wildman–Crippen LogP) is 4.34. The van der Waals surface area contributed by atoms with Gasteiger partial charge in [-0.25, -0.2) is 9.78 Å². The molecule has 1 aliphatic carbocycles. The molecule has 0 radical (unpaired) electrons. The van der Waals surface area contributed by atoms with Gasteiger partial charge in [0.15, 0.2) is 5.13 Å². The van der Waals surface area contributed by atoms with E-state index in [1.807, 2.05) is 30.3 Å². The molecule has 1 aliphatic heterocycles. The lowest BCUT2D eigenvalue weighted by molar-refractivity contribution is 0.0252. The van der Waals surface area contributed by atoms with E-state index in [0.29, 0.717) is 22.7 Å². The molecule has 1 N–H and O–H groups in total. The predicted molar refractivity (Wildman–Crippen MR) is 107 cm³/mol. The fourth-order valence-corrected chi connectivity index (χ4v) is 4.85. The van der Waals surface area contributed by atoms with Gasteiger partial charge in [-0.3, -0.25) is 10.1 Å². The number of benzene rings is 2. The Hall–Kier alpha value is -2.99. The minimum Gasteiger partial charge on any atom is -0.454 e. The minimum absolute atomic E-state index is 0.203. The molecule has 28 heavy (non-hydrogen) atoms. The minimum atomic E-state index is -0.349. The van der Waals surface area contributed by atoms with Crippen LogP contribution < -0.4 is 5.32 Å². The number of aromatic nitrogens is 1. The zero-order valence-corrected chi connectivity index (χ0v) is 15.9. The van der Waals surface area contributed by atoms with Gasteiger partial charge in [0.05, 0.1) is 11.3 Å². The van der Waals surface area contributed by atoms with Crippen LogP contribution in [0.1, 0.15) is 54.9 Å². The number of nitrogens with zero attached hydrogens (tertiary/aromatic N) is 1. The fraction of sp³-hybridized carbons (Fsp3) is 0.227. The van der Waals surface area contributed by atoms with Crippen molar-refractivity contribution in [3.63, 3.8) is 0 Å². The van der Waals surface area contributed by atoms with Crippen molar-refractivity contribution < 1.29 is 14.3 Å². The van der Waals surface area contributed by atoms with Crippen molar-refractivity contribution in [3.8, 4) is 0 Å². The summed E-state index contributed by atoms with van der Waals surface area (Å²) in [5, 5.41) is 3.55. The Morgan fingerprint density at radius 3 is 2.82 bits per heavy atom. The lowest BCUT2D eigenvalue weighted by Crippen LogP contribution is -2.23. The second-order valence-corrected chi connectivity index (χ2v) is 8.16. The smallest absolute Gasteiger partial charge is 0.339 e. The van der Waals surface area contributed by atoms with Gasteiger partial charge in [0.2, 0.25) is 0 Å². The van der Waals surface area contributed by atoms with Crippen molar-refractivity contribution in [1.29, 1.82) is 0 Å². The lowest BCUT2D eigenvalue weighted by Gasteiger charge is -2.25. The van der Waals surface area contributed by atoms with E-state index in [2.05, 4.69) is 10.3 Å². The number of thiazole rings is 1. The quantitative estimate of drug-likeness (QED) is 0.676. The van der Waals surface area contributed by atoms with Crippen LogP contribution in [-0.2, 0) is 24.0 Å². The van der Waals surface area contributed by atoms with Gasteiger partial charge in [-0.05, 0) is 48.6 Å². The zero-order valence-electron chi connectivity index (χ0n) is 15.1. The normalized spacial score (nSPS) is 17.6. The maximum Gasteiger partial charge on any atom is 0.339 e. The highest BCUT2D eigenvalue weighted by molar-refractivity contribution is 7.16. The van der Waals surface area contributed by atoms with Crippen molar-refractivity contribution in [2.45, 2.75) is 31.8 Å². The summed E-state index contributed by atoms with van der Waals surface area (Å²) in [5.41, 5.74) is 3.94. The number of ether oxygens (including phenoxy) is 1. The van der Waals surface area contributed by atoms with E-state index < -0.39 is 0 Å². The number of rotatable bonds is 3. The SMILES string of the molecule is O=C(Nc1nc2c(s1)CCC2)c1ccc2c(c1)C[C@@H](c1ccccc1)OC2=O. The van der Waals surface area contributed by atoms with Crippen LogP contribution in [0.15, 0.2) is 48.5 Å². The number of carbonyl (C=O) groups excluding carboxylic acids is 2. The van der Waals surface area contributed by atoms with Gasteiger partial charge in [0, 0.05) is 16.9 Å². The van der Waals surface area contributed by atoms with Crippen LogP contribution in [0, 0.1) is 0 Å². The number of anilines is 1. The lowest BCUT2D eigenvalue weighted by atomic mass is 9.93. The second-order valence-electron chi connectivity index (χ2n) is 7.08. The molecule has 0 saturated heterocycles. The van der Waals surface area contributed by atoms with Gasteiger partial charge in [-0.2, -0.15) is 0 Å². The van der Waals surface area contributed by atoms with E-state index in [1.165, 1.54) is 4.88 Å². The van der Waals surface area contributed by atoms with Crippen LogP contribution >= 0.6 is 11.3 Å². The second kappa shape index (κ2) is 6.87. The van der Waals surface area contributed by atoms with E-state index in [1.54, 1.807) is 29.5 Å². The standard InChI is InChI=1S/C22H18N2O3S/c25-20(24-22-23-17-7-4-8-19(17)28-22)14-9-10-16-15(11-14)12-18(27-21(16)26)13-5-2-1-3-6-13/h1-3,5-6,9-11,18H,4,7-8,12H2,(H,23,24,25)/t18-/m0/s1. The Morgan fingerprint density at radius 2 is 2.00 bits per heavy atom. The third kappa shape index (κ3) is 3.10. The number of amides is 1. The maximum absolute atomic E-state index is 12.7. The van der Waals surface area contributed by atoms with Crippen LogP contribution in [0.3, 0.4) is 0 Å². The Morgan fingerprint density at radius 1 is 1.14 bits per heavy atom. The number of hydrogen-bond donors (Lipinski definition) is 1. The Bertz CT molecular complexity index is 1050. The van der Waals surface area contributed by atoms with E-state index in [9.17, 15) is 9.59 Å². The molecule has 3 aromatic rings. The average Bonchev–Trinajstić information content (AvgIpc) is 3.30. The molecule has 2 aromatic carbocycles. The number of hydrogen-bond acceptors (Lipinski definition) is 5. The van der Waals surface area contributed by atoms with Gasteiger partial charge >= 0.3 is 5.97 Å². The summed E-state index contributed by atoms with van der Waals surface area (Å²) >= 11 is 1.55. The zero-order chi connectivity index (χ0) is 19.1. The van der Waals surface area contributed by atoms with Gasteiger partial charge in [0.1, 0.15) is 6.10 Å². The topological polar surface area (TPSA) is 68.3 Å². The van der Waals surface area contributed by atoms with Crippen LogP contribution in [-0.4, -0.2) is 16.9 Å². The third-order valence-electron chi connectivity index (χ3n) is 5.23. The summed E-state index contributed by atoms with van der Waals surface area (Å²) in [6, 6.07) is 14.8. The fourth-order valence-electron chi connectivity index (χ4n) is 3.80. The summed E-state index contributed by atoms with van der Waals surface area (Å²) in [7, 11) is 0. The average molecular weight is 390 g/mol. The Balaban J connectivity index is 1.38. The first-order valence-electron chi connectivity index (χ1n) is 9.36. The van der Waals surface area contributed by atoms with Crippen molar-refractivity contribution in [2.75, 3.05) is 5.32 Å². The van der Waals surface area contributed by atoms with Crippen molar-refractivity contribution >= 4 is 28.3 Å². The molecule has 2 heterocycles. The molecule has 140 valence electrons. The van der Waals surface area contributed by atoms with Gasteiger partial charge < -0.3 is 4.74 Å². The number of fused-ring (bicyclic) bond motifs is 2. The molecular formula is C22H18N2O3S. The maximum atomic E-state index is 12.7. The molecule has 1 aromatic heterocycles. The monoisotopic (exact) mass is 390 g/mol. The Kier molecular flexibility index (Phi) is 4.20. The van der Waals surface area contributed by atoms with E-state index >= 15 is 0 Å². The first-order chi connectivity index (χ1) is 13.7. The van der Waals surface area contributed by atoms with Crippen LogP contribution in [0.5, 0.6) is 0 Å². The summed E-state index contributed by atoms with van der Waals surface area (Å²) in [4.78, 5) is 30.9. The number of nitrogens with one attached hydrogen (secondary N) is 1. The number of aryl methyl sites for hydroxylation is 2. The van der Waals surface area contributed by atoms with E-state index in [0.717, 1.165) is 36.1 Å². The third-order valence-corrected chi connectivity index (χ3v) is 6.30. The molecule has 0 unspecified atom stereocenters. The first kappa shape index (κ1) is 17.1. The van der Waals surface area contributed by atoms with Crippen LogP contribution in [0.2, 0.25) is 0 Å². The number of cyclic esters (lactones) is 1. The first-order valence-corrected chi connectivity index (χ1v) is 10.2. The molecule has 0 fully saturated rings. The highest BCUT2D eigenvalue weighted by Gasteiger charge is 2.28. The Labute approximate surface area is 166 Å². The number of esters is 1. The van der Waals surface area contributed by atoms with Gasteiger partial charge in [-0.15, -0.1) is 11.3 Å². The molecule has 0 bridgehead atoms. The van der Waals surface area contributed by atoms with Crippen molar-refractivity contribution in [1.82, 2.24) is 4.98 Å². The van der Waals surface area contributed by atoms with E-state index in [4.69, 9.17) is 4.74 Å². The summed E-state index contributed by atoms with van der Waals surface area (Å²) in [6.45, 7) is 0. The summed E-state index contributed by atoms with van der Waals surface area (Å²) in [6.07, 6.45) is 3.40. The highest BCUT2D eigenvalue weighted by atomic mass is 32.1. The van der Waals surface area contributed by atoms with Crippen molar-refractivity contribution in [3.05, 3.63) is 81.4 Å². The van der Waals surface area contributed by atoms with Gasteiger partial charge in [-0.1, -0.05) is 30.3 Å². The molecule has 1 atom stereocenters. The molecular weight excluding hydrogens is 372 g/mol. The summed E-state index contributed by atoms with van der Waals surface area (Å²) in [5.74, 6) is -0.552. The van der Waals surface area contributed by atoms with Crippen LogP contribution in [0.4, 0.5) is 5.13 Å². The molecule has 5 rings (SSSR count). The largest absolute Gasteiger partial charge is 0.454 e. The number of carbonyl (C=O) groups is 2.